The highest BCUT2D eigenvalue weighted by Crippen LogP contribution is 2.23. The largest absolute Gasteiger partial charge is 0.373 e. The molecular weight excluding hydrogens is 152 g/mol. The number of hydrogen-bond acceptors (Lipinski definition) is 2. The third-order valence-electron chi connectivity index (χ3n) is 2.13. The Labute approximate surface area is 73.3 Å². The van der Waals surface area contributed by atoms with Crippen molar-refractivity contribution in [1.29, 1.82) is 0 Å². The first-order valence-corrected chi connectivity index (χ1v) is 4.03. The molecule has 1 heterocycles. The molecule has 0 spiro atoms. The first-order valence-electron chi connectivity index (χ1n) is 4.03. The molecule has 0 atom stereocenters. The number of hydrogen-bond donors (Lipinski definition) is 0. The van der Waals surface area contributed by atoms with Gasteiger partial charge in [-0.25, -0.2) is 0 Å². The van der Waals surface area contributed by atoms with Gasteiger partial charge in [0.05, 0.1) is 11.4 Å². The number of nitrogens with zero attached hydrogens (tertiary/aromatic N) is 2. The van der Waals surface area contributed by atoms with Crippen LogP contribution in [0, 0.1) is 6.92 Å². The summed E-state index contributed by atoms with van der Waals surface area (Å²) in [6, 6.07) is 2.05. The van der Waals surface area contributed by atoms with Crippen molar-refractivity contribution >= 4 is 0 Å². The zero-order valence-corrected chi connectivity index (χ0v) is 8.38. The van der Waals surface area contributed by atoms with Crippen molar-refractivity contribution in [3.8, 4) is 0 Å². The van der Waals surface area contributed by atoms with E-state index in [0.717, 1.165) is 11.4 Å². The van der Waals surface area contributed by atoms with Crippen molar-refractivity contribution in [2.75, 3.05) is 7.11 Å². The second-order valence-corrected chi connectivity index (χ2v) is 3.51. The molecule has 0 fully saturated rings. The summed E-state index contributed by atoms with van der Waals surface area (Å²) in [6.45, 7) is 6.04. The molecule has 1 aromatic heterocycles. The minimum absolute atomic E-state index is 0.254. The Kier molecular flexibility index (Phi) is 2.24. The Morgan fingerprint density at radius 1 is 1.50 bits per heavy atom. The molecule has 0 bridgehead atoms. The van der Waals surface area contributed by atoms with Crippen LogP contribution in [-0.2, 0) is 17.4 Å². The molecule has 0 aliphatic heterocycles. The van der Waals surface area contributed by atoms with Gasteiger partial charge in [0.1, 0.15) is 5.60 Å². The molecule has 0 N–H and O–H groups in total. The molecule has 12 heavy (non-hydrogen) atoms. The lowest BCUT2D eigenvalue weighted by Crippen LogP contribution is -2.22. The van der Waals surface area contributed by atoms with Crippen molar-refractivity contribution in [2.24, 2.45) is 7.05 Å². The quantitative estimate of drug-likeness (QED) is 0.670. The Balaban J connectivity index is 3.09. The molecule has 0 aliphatic carbocycles. The maximum absolute atomic E-state index is 5.36. The van der Waals surface area contributed by atoms with Crippen molar-refractivity contribution in [3.05, 3.63) is 17.5 Å². The number of methoxy groups -OCH3 is 1. The van der Waals surface area contributed by atoms with E-state index in [1.807, 2.05) is 38.6 Å². The van der Waals surface area contributed by atoms with E-state index in [9.17, 15) is 0 Å². The highest BCUT2D eigenvalue weighted by Gasteiger charge is 2.23. The standard InChI is InChI=1S/C9H16N2O/c1-7-6-8(11(4)10-7)9(2,3)12-5/h6H,1-5H3. The van der Waals surface area contributed by atoms with Crippen LogP contribution in [0.25, 0.3) is 0 Å². The fourth-order valence-electron chi connectivity index (χ4n) is 1.28. The fraction of sp³-hybridized carbons (Fsp3) is 0.667. The Morgan fingerprint density at radius 3 is 2.42 bits per heavy atom. The predicted molar refractivity (Wildman–Crippen MR) is 48.0 cm³/mol. The third kappa shape index (κ3) is 1.50. The Morgan fingerprint density at radius 2 is 2.08 bits per heavy atom. The second kappa shape index (κ2) is 2.90. The van der Waals surface area contributed by atoms with E-state index in [1.165, 1.54) is 0 Å². The molecule has 0 aliphatic rings. The predicted octanol–water partition coefficient (Wildman–Crippen LogP) is 1.61. The van der Waals surface area contributed by atoms with E-state index in [-0.39, 0.29) is 5.60 Å². The van der Waals surface area contributed by atoms with Crippen molar-refractivity contribution in [1.82, 2.24) is 9.78 Å². The van der Waals surface area contributed by atoms with Crippen molar-refractivity contribution in [2.45, 2.75) is 26.4 Å². The van der Waals surface area contributed by atoms with Crippen molar-refractivity contribution < 1.29 is 4.74 Å². The molecule has 0 unspecified atom stereocenters. The van der Waals surface area contributed by atoms with Crippen LogP contribution >= 0.6 is 0 Å². The Bertz CT molecular complexity index is 276. The van der Waals surface area contributed by atoms with E-state index in [4.69, 9.17) is 4.74 Å². The topological polar surface area (TPSA) is 27.1 Å². The summed E-state index contributed by atoms with van der Waals surface area (Å²) in [5, 5.41) is 4.26. The van der Waals surface area contributed by atoms with Gasteiger partial charge in [0.15, 0.2) is 0 Å². The minimum Gasteiger partial charge on any atom is -0.373 e. The second-order valence-electron chi connectivity index (χ2n) is 3.51. The van der Waals surface area contributed by atoms with Gasteiger partial charge in [-0.15, -0.1) is 0 Å². The molecule has 0 aromatic carbocycles. The van der Waals surface area contributed by atoms with Gasteiger partial charge in [-0.05, 0) is 26.8 Å². The first kappa shape index (κ1) is 9.26. The van der Waals surface area contributed by atoms with Crippen LogP contribution in [0.15, 0.2) is 6.07 Å². The highest BCUT2D eigenvalue weighted by molar-refractivity contribution is 5.14. The van der Waals surface area contributed by atoms with Crippen LogP contribution in [-0.4, -0.2) is 16.9 Å². The molecule has 3 heteroatoms. The summed E-state index contributed by atoms with van der Waals surface area (Å²) < 4.78 is 7.22. The highest BCUT2D eigenvalue weighted by atomic mass is 16.5. The summed E-state index contributed by atoms with van der Waals surface area (Å²) in [4.78, 5) is 0. The molecule has 0 saturated carbocycles. The third-order valence-corrected chi connectivity index (χ3v) is 2.13. The minimum atomic E-state index is -0.254. The molecule has 0 amide bonds. The van der Waals surface area contributed by atoms with Gasteiger partial charge in [-0.2, -0.15) is 5.10 Å². The first-order chi connectivity index (χ1) is 5.47. The fourth-order valence-corrected chi connectivity index (χ4v) is 1.28. The maximum Gasteiger partial charge on any atom is 0.104 e. The molecule has 0 saturated heterocycles. The van der Waals surface area contributed by atoms with E-state index < -0.39 is 0 Å². The van der Waals surface area contributed by atoms with Gasteiger partial charge in [0, 0.05) is 14.2 Å². The van der Waals surface area contributed by atoms with E-state index in [1.54, 1.807) is 7.11 Å². The molecule has 68 valence electrons. The van der Waals surface area contributed by atoms with E-state index >= 15 is 0 Å². The zero-order chi connectivity index (χ0) is 9.35. The van der Waals surface area contributed by atoms with E-state index in [2.05, 4.69) is 5.10 Å². The smallest absolute Gasteiger partial charge is 0.104 e. The van der Waals surface area contributed by atoms with Gasteiger partial charge < -0.3 is 4.74 Å². The monoisotopic (exact) mass is 168 g/mol. The number of aryl methyl sites for hydroxylation is 2. The lowest BCUT2D eigenvalue weighted by Gasteiger charge is -2.22. The normalized spacial score (nSPS) is 12.1. The van der Waals surface area contributed by atoms with Gasteiger partial charge >= 0.3 is 0 Å². The summed E-state index contributed by atoms with van der Waals surface area (Å²) in [6.07, 6.45) is 0. The maximum atomic E-state index is 5.36. The zero-order valence-electron chi connectivity index (χ0n) is 8.38. The van der Waals surface area contributed by atoms with Crippen LogP contribution < -0.4 is 0 Å². The summed E-state index contributed by atoms with van der Waals surface area (Å²) >= 11 is 0. The van der Waals surface area contributed by atoms with Gasteiger partial charge in [-0.3, -0.25) is 4.68 Å². The van der Waals surface area contributed by atoms with Crippen LogP contribution in [0.2, 0.25) is 0 Å². The summed E-state index contributed by atoms with van der Waals surface area (Å²) in [5.74, 6) is 0. The molecular formula is C9H16N2O. The van der Waals surface area contributed by atoms with Crippen LogP contribution in [0.1, 0.15) is 25.2 Å². The lowest BCUT2D eigenvalue weighted by atomic mass is 10.1. The van der Waals surface area contributed by atoms with Crippen LogP contribution in [0.5, 0.6) is 0 Å². The van der Waals surface area contributed by atoms with Crippen molar-refractivity contribution in [3.63, 3.8) is 0 Å². The molecule has 3 nitrogen and oxygen atoms in total. The average Bonchev–Trinajstić information content (AvgIpc) is 2.31. The summed E-state index contributed by atoms with van der Waals surface area (Å²) in [7, 11) is 3.64. The average molecular weight is 168 g/mol. The number of ether oxygens (including phenoxy) is 1. The van der Waals surface area contributed by atoms with Gasteiger partial charge in [0.25, 0.3) is 0 Å². The number of aromatic nitrogens is 2. The van der Waals surface area contributed by atoms with Crippen LogP contribution in [0.4, 0.5) is 0 Å². The lowest BCUT2D eigenvalue weighted by molar-refractivity contribution is 0.0123. The molecule has 1 aromatic rings. The van der Waals surface area contributed by atoms with Gasteiger partial charge in [-0.1, -0.05) is 0 Å². The van der Waals surface area contributed by atoms with Gasteiger partial charge in [0.2, 0.25) is 0 Å². The number of rotatable bonds is 2. The van der Waals surface area contributed by atoms with Crippen LogP contribution in [0.3, 0.4) is 0 Å². The van der Waals surface area contributed by atoms with E-state index in [0.29, 0.717) is 0 Å². The molecule has 0 radical (unpaired) electrons. The summed E-state index contributed by atoms with van der Waals surface area (Å²) in [5.41, 5.74) is 1.87. The SMILES string of the molecule is COC(C)(C)c1cc(C)nn1C. The molecule has 1 rings (SSSR count). The Hall–Kier alpha value is -0.830.